The molecule has 0 spiro atoms. The van der Waals surface area contributed by atoms with Gasteiger partial charge in [0.2, 0.25) is 0 Å². The van der Waals surface area contributed by atoms with Gasteiger partial charge in [-0.3, -0.25) is 4.79 Å². The van der Waals surface area contributed by atoms with Crippen LogP contribution in [0.15, 0.2) is 42.5 Å². The third kappa shape index (κ3) is 4.09. The molecule has 5 nitrogen and oxygen atoms in total. The summed E-state index contributed by atoms with van der Waals surface area (Å²) in [5, 5.41) is 2.79. The quantitative estimate of drug-likeness (QED) is 0.593. The Bertz CT molecular complexity index is 1130. The van der Waals surface area contributed by atoms with Crippen LogP contribution in [-0.4, -0.2) is 25.6 Å². The SMILES string of the molecule is COc1ccc2c(c1)CCc1cc(C(=O)OCC(=O)Nc3ccc(C)cc3C)sc1-2. The molecule has 1 aromatic heterocycles. The van der Waals surface area contributed by atoms with Gasteiger partial charge in [0.1, 0.15) is 10.6 Å². The van der Waals surface area contributed by atoms with Gasteiger partial charge in [0, 0.05) is 10.6 Å². The first-order valence-electron chi connectivity index (χ1n) is 9.79. The van der Waals surface area contributed by atoms with E-state index in [1.165, 1.54) is 16.9 Å². The van der Waals surface area contributed by atoms with Crippen molar-refractivity contribution >= 4 is 28.9 Å². The van der Waals surface area contributed by atoms with E-state index in [9.17, 15) is 9.59 Å². The summed E-state index contributed by atoms with van der Waals surface area (Å²) < 4.78 is 10.6. The van der Waals surface area contributed by atoms with Crippen molar-refractivity contribution in [3.63, 3.8) is 0 Å². The lowest BCUT2D eigenvalue weighted by Crippen LogP contribution is -2.21. The van der Waals surface area contributed by atoms with Crippen LogP contribution in [0.5, 0.6) is 5.75 Å². The van der Waals surface area contributed by atoms with Crippen LogP contribution >= 0.6 is 11.3 Å². The average molecular weight is 422 g/mol. The Morgan fingerprint density at radius 3 is 2.60 bits per heavy atom. The van der Waals surface area contributed by atoms with E-state index in [1.807, 2.05) is 56.3 Å². The van der Waals surface area contributed by atoms with Crippen LogP contribution in [-0.2, 0) is 22.4 Å². The first-order valence-corrected chi connectivity index (χ1v) is 10.6. The molecule has 0 aliphatic heterocycles. The van der Waals surface area contributed by atoms with E-state index in [0.29, 0.717) is 4.88 Å². The zero-order valence-corrected chi connectivity index (χ0v) is 18.0. The van der Waals surface area contributed by atoms with Crippen LogP contribution in [0, 0.1) is 13.8 Å². The lowest BCUT2D eigenvalue weighted by atomic mass is 9.91. The standard InChI is InChI=1S/C24H23NO4S/c1-14-4-9-20(15(2)10-14)25-22(26)13-29-24(27)21-12-17-6-5-16-11-18(28-3)7-8-19(16)23(17)30-21/h4,7-12H,5-6,13H2,1-3H3,(H,25,26). The van der Waals surface area contributed by atoms with E-state index in [2.05, 4.69) is 5.32 Å². The van der Waals surface area contributed by atoms with Crippen molar-refractivity contribution in [3.05, 3.63) is 69.6 Å². The highest BCUT2D eigenvalue weighted by Crippen LogP contribution is 2.41. The van der Waals surface area contributed by atoms with Gasteiger partial charge in [0.25, 0.3) is 5.91 Å². The van der Waals surface area contributed by atoms with Gasteiger partial charge < -0.3 is 14.8 Å². The highest BCUT2D eigenvalue weighted by atomic mass is 32.1. The molecular weight excluding hydrogens is 398 g/mol. The maximum atomic E-state index is 12.5. The molecule has 0 saturated carbocycles. The summed E-state index contributed by atoms with van der Waals surface area (Å²) in [5.41, 5.74) is 6.31. The summed E-state index contributed by atoms with van der Waals surface area (Å²) in [7, 11) is 1.66. The van der Waals surface area contributed by atoms with Crippen molar-refractivity contribution in [2.45, 2.75) is 26.7 Å². The van der Waals surface area contributed by atoms with Crippen LogP contribution in [0.4, 0.5) is 5.69 Å². The van der Waals surface area contributed by atoms with Crippen LogP contribution in [0.2, 0.25) is 0 Å². The molecule has 0 radical (unpaired) electrons. The molecule has 2 aromatic carbocycles. The topological polar surface area (TPSA) is 64.6 Å². The number of fused-ring (bicyclic) bond motifs is 3. The van der Waals surface area contributed by atoms with Crippen LogP contribution in [0.1, 0.15) is 31.9 Å². The number of rotatable bonds is 5. The largest absolute Gasteiger partial charge is 0.497 e. The van der Waals surface area contributed by atoms with Gasteiger partial charge in [-0.25, -0.2) is 4.79 Å². The van der Waals surface area contributed by atoms with Gasteiger partial charge in [-0.15, -0.1) is 11.3 Å². The summed E-state index contributed by atoms with van der Waals surface area (Å²) in [6.07, 6.45) is 1.77. The summed E-state index contributed by atoms with van der Waals surface area (Å²) in [6.45, 7) is 3.61. The number of methoxy groups -OCH3 is 1. The predicted octanol–water partition coefficient (Wildman–Crippen LogP) is 4.93. The third-order valence-electron chi connectivity index (χ3n) is 5.22. The van der Waals surface area contributed by atoms with E-state index >= 15 is 0 Å². The molecule has 1 aliphatic rings. The lowest BCUT2D eigenvalue weighted by Gasteiger charge is -2.16. The second-order valence-corrected chi connectivity index (χ2v) is 8.48. The second-order valence-electron chi connectivity index (χ2n) is 7.43. The zero-order valence-electron chi connectivity index (χ0n) is 17.2. The van der Waals surface area contributed by atoms with Crippen LogP contribution in [0.3, 0.4) is 0 Å². The number of thiophene rings is 1. The maximum Gasteiger partial charge on any atom is 0.348 e. The Morgan fingerprint density at radius 2 is 1.83 bits per heavy atom. The van der Waals surface area contributed by atoms with E-state index < -0.39 is 5.97 Å². The Morgan fingerprint density at radius 1 is 1.03 bits per heavy atom. The van der Waals surface area contributed by atoms with Gasteiger partial charge in [-0.05, 0) is 79.3 Å². The van der Waals surface area contributed by atoms with E-state index in [1.54, 1.807) is 7.11 Å². The molecule has 1 N–H and O–H groups in total. The summed E-state index contributed by atoms with van der Waals surface area (Å²) >= 11 is 1.41. The molecule has 4 rings (SSSR count). The Balaban J connectivity index is 1.42. The minimum atomic E-state index is -0.472. The highest BCUT2D eigenvalue weighted by Gasteiger charge is 2.23. The summed E-state index contributed by atoms with van der Waals surface area (Å²) in [5.74, 6) is 0.0116. The number of esters is 1. The third-order valence-corrected chi connectivity index (χ3v) is 6.41. The molecule has 0 fully saturated rings. The van der Waals surface area contributed by atoms with Crippen LogP contribution < -0.4 is 10.1 Å². The van der Waals surface area contributed by atoms with Crippen LogP contribution in [0.25, 0.3) is 10.4 Å². The van der Waals surface area contributed by atoms with Crippen molar-refractivity contribution in [2.24, 2.45) is 0 Å². The van der Waals surface area contributed by atoms with Gasteiger partial charge in [-0.2, -0.15) is 0 Å². The molecule has 30 heavy (non-hydrogen) atoms. The number of hydrogen-bond acceptors (Lipinski definition) is 5. The number of nitrogens with one attached hydrogen (secondary N) is 1. The fourth-order valence-electron chi connectivity index (χ4n) is 3.68. The summed E-state index contributed by atoms with van der Waals surface area (Å²) in [6, 6.07) is 13.7. The molecule has 1 amide bonds. The normalized spacial score (nSPS) is 12.0. The van der Waals surface area contributed by atoms with E-state index in [0.717, 1.165) is 51.4 Å². The first-order chi connectivity index (χ1) is 14.4. The molecule has 0 atom stereocenters. The minimum Gasteiger partial charge on any atom is -0.497 e. The van der Waals surface area contributed by atoms with Crippen molar-refractivity contribution in [3.8, 4) is 16.2 Å². The van der Waals surface area contributed by atoms with E-state index in [4.69, 9.17) is 9.47 Å². The Hall–Kier alpha value is -3.12. The zero-order chi connectivity index (χ0) is 21.3. The number of carbonyl (C=O) groups excluding carboxylic acids is 2. The van der Waals surface area contributed by atoms with Gasteiger partial charge in [-0.1, -0.05) is 17.7 Å². The van der Waals surface area contributed by atoms with Gasteiger partial charge in [0.15, 0.2) is 6.61 Å². The Kier molecular flexibility index (Phi) is 5.59. The smallest absolute Gasteiger partial charge is 0.348 e. The fourth-order valence-corrected chi connectivity index (χ4v) is 4.84. The second kappa shape index (κ2) is 8.32. The summed E-state index contributed by atoms with van der Waals surface area (Å²) in [4.78, 5) is 26.3. The fraction of sp³-hybridized carbons (Fsp3) is 0.250. The van der Waals surface area contributed by atoms with Gasteiger partial charge in [0.05, 0.1) is 7.11 Å². The van der Waals surface area contributed by atoms with Gasteiger partial charge >= 0.3 is 5.97 Å². The van der Waals surface area contributed by atoms with Crippen molar-refractivity contribution in [1.82, 2.24) is 0 Å². The number of benzene rings is 2. The minimum absolute atomic E-state index is 0.317. The van der Waals surface area contributed by atoms with Crippen molar-refractivity contribution in [1.29, 1.82) is 0 Å². The Labute approximate surface area is 179 Å². The number of carbonyl (C=O) groups is 2. The number of ether oxygens (including phenoxy) is 2. The molecule has 1 heterocycles. The number of aryl methyl sites for hydroxylation is 4. The first kappa shape index (κ1) is 20.2. The molecule has 0 saturated heterocycles. The molecule has 3 aromatic rings. The van der Waals surface area contributed by atoms with Crippen molar-refractivity contribution in [2.75, 3.05) is 19.0 Å². The number of anilines is 1. The monoisotopic (exact) mass is 421 g/mol. The van der Waals surface area contributed by atoms with E-state index in [-0.39, 0.29) is 12.5 Å². The highest BCUT2D eigenvalue weighted by molar-refractivity contribution is 7.17. The number of amides is 1. The number of hydrogen-bond donors (Lipinski definition) is 1. The van der Waals surface area contributed by atoms with Crippen molar-refractivity contribution < 1.29 is 19.1 Å². The molecule has 0 unspecified atom stereocenters. The maximum absolute atomic E-state index is 12.5. The average Bonchev–Trinajstić information content (AvgIpc) is 3.18. The molecule has 6 heteroatoms. The molecular formula is C24H23NO4S. The predicted molar refractivity (Wildman–Crippen MR) is 119 cm³/mol. The molecule has 154 valence electrons. The lowest BCUT2D eigenvalue weighted by molar-refractivity contribution is -0.119. The molecule has 0 bridgehead atoms. The molecule has 1 aliphatic carbocycles.